The minimum absolute atomic E-state index is 0.124. The number of methoxy groups -OCH3 is 1. The van der Waals surface area contributed by atoms with Crippen LogP contribution in [-0.4, -0.2) is 18.1 Å². The molecular formula is C16H17NO3. The van der Waals surface area contributed by atoms with E-state index in [1.807, 2.05) is 24.3 Å². The van der Waals surface area contributed by atoms with Crippen LogP contribution in [0.4, 0.5) is 0 Å². The zero-order valence-corrected chi connectivity index (χ0v) is 11.5. The van der Waals surface area contributed by atoms with E-state index in [0.29, 0.717) is 17.7 Å². The number of rotatable bonds is 4. The summed E-state index contributed by atoms with van der Waals surface area (Å²) in [6, 6.07) is 12.4. The van der Waals surface area contributed by atoms with Crippen LogP contribution in [0.5, 0.6) is 11.5 Å². The highest BCUT2D eigenvalue weighted by Crippen LogP contribution is 2.19. The fourth-order valence-corrected chi connectivity index (χ4v) is 1.93. The van der Waals surface area contributed by atoms with Crippen molar-refractivity contribution in [3.63, 3.8) is 0 Å². The van der Waals surface area contributed by atoms with Crippen LogP contribution in [-0.2, 0) is 6.54 Å². The summed E-state index contributed by atoms with van der Waals surface area (Å²) in [6.45, 7) is 2.13. The second-order valence-electron chi connectivity index (χ2n) is 4.48. The van der Waals surface area contributed by atoms with E-state index in [4.69, 9.17) is 4.74 Å². The van der Waals surface area contributed by atoms with Gasteiger partial charge in [0.15, 0.2) is 0 Å². The molecule has 0 bridgehead atoms. The first-order valence-corrected chi connectivity index (χ1v) is 6.31. The second kappa shape index (κ2) is 6.10. The van der Waals surface area contributed by atoms with E-state index >= 15 is 0 Å². The molecule has 0 unspecified atom stereocenters. The SMILES string of the molecule is COc1cccc(CNC(=O)c2cccc(O)c2C)c1. The van der Waals surface area contributed by atoms with E-state index in [0.717, 1.165) is 11.3 Å². The Morgan fingerprint density at radius 3 is 2.75 bits per heavy atom. The van der Waals surface area contributed by atoms with E-state index in [-0.39, 0.29) is 11.7 Å². The number of carbonyl (C=O) groups is 1. The lowest BCUT2D eigenvalue weighted by atomic mass is 10.1. The third kappa shape index (κ3) is 3.09. The van der Waals surface area contributed by atoms with E-state index in [1.54, 1.807) is 32.2 Å². The Morgan fingerprint density at radius 2 is 2.00 bits per heavy atom. The maximum absolute atomic E-state index is 12.1. The fourth-order valence-electron chi connectivity index (χ4n) is 1.93. The second-order valence-corrected chi connectivity index (χ2v) is 4.48. The van der Waals surface area contributed by atoms with Crippen LogP contribution in [0.1, 0.15) is 21.5 Å². The number of benzene rings is 2. The van der Waals surface area contributed by atoms with Crippen LogP contribution in [0.25, 0.3) is 0 Å². The summed E-state index contributed by atoms with van der Waals surface area (Å²) in [5.41, 5.74) is 2.01. The number of ether oxygens (including phenoxy) is 1. The van der Waals surface area contributed by atoms with Gasteiger partial charge in [-0.1, -0.05) is 18.2 Å². The Morgan fingerprint density at radius 1 is 1.25 bits per heavy atom. The molecule has 0 aliphatic heterocycles. The molecule has 2 aromatic carbocycles. The molecule has 0 aromatic heterocycles. The summed E-state index contributed by atoms with van der Waals surface area (Å²) in [5, 5.41) is 12.4. The molecule has 0 heterocycles. The Balaban J connectivity index is 2.06. The van der Waals surface area contributed by atoms with Crippen LogP contribution in [0.3, 0.4) is 0 Å². The highest BCUT2D eigenvalue weighted by Gasteiger charge is 2.10. The maximum atomic E-state index is 12.1. The van der Waals surface area contributed by atoms with Crippen molar-refractivity contribution in [1.82, 2.24) is 5.32 Å². The Kier molecular flexibility index (Phi) is 4.25. The van der Waals surface area contributed by atoms with Crippen LogP contribution in [0.15, 0.2) is 42.5 Å². The lowest BCUT2D eigenvalue weighted by molar-refractivity contribution is 0.0950. The molecule has 0 atom stereocenters. The minimum atomic E-state index is -0.207. The molecule has 0 aliphatic carbocycles. The van der Waals surface area contributed by atoms with Gasteiger partial charge in [-0.05, 0) is 36.8 Å². The Labute approximate surface area is 118 Å². The highest BCUT2D eigenvalue weighted by molar-refractivity contribution is 5.96. The molecular weight excluding hydrogens is 254 g/mol. The molecule has 2 rings (SSSR count). The first kappa shape index (κ1) is 13.9. The van der Waals surface area contributed by atoms with Crippen LogP contribution < -0.4 is 10.1 Å². The predicted octanol–water partition coefficient (Wildman–Crippen LogP) is 2.64. The predicted molar refractivity (Wildman–Crippen MR) is 77.0 cm³/mol. The van der Waals surface area contributed by atoms with Gasteiger partial charge in [-0.3, -0.25) is 4.79 Å². The van der Waals surface area contributed by atoms with Crippen molar-refractivity contribution in [2.45, 2.75) is 13.5 Å². The first-order valence-electron chi connectivity index (χ1n) is 6.31. The minimum Gasteiger partial charge on any atom is -0.508 e. The van der Waals surface area contributed by atoms with Gasteiger partial charge in [0.25, 0.3) is 5.91 Å². The number of phenols is 1. The standard InChI is InChI=1S/C16H17NO3/c1-11-14(7-4-8-15(11)18)16(19)17-10-12-5-3-6-13(9-12)20-2/h3-9,18H,10H2,1-2H3,(H,17,19). The van der Waals surface area contributed by atoms with Gasteiger partial charge >= 0.3 is 0 Å². The molecule has 2 N–H and O–H groups in total. The molecule has 1 amide bonds. The van der Waals surface area contributed by atoms with E-state index in [9.17, 15) is 9.90 Å². The topological polar surface area (TPSA) is 58.6 Å². The number of hydrogen-bond donors (Lipinski definition) is 2. The first-order chi connectivity index (χ1) is 9.61. The zero-order chi connectivity index (χ0) is 14.5. The van der Waals surface area contributed by atoms with Crippen molar-refractivity contribution in [2.24, 2.45) is 0 Å². The average molecular weight is 271 g/mol. The molecule has 2 aromatic rings. The number of phenolic OH excluding ortho intramolecular Hbond substituents is 1. The molecule has 0 spiro atoms. The van der Waals surface area contributed by atoms with E-state index in [1.165, 1.54) is 0 Å². The normalized spacial score (nSPS) is 10.1. The highest BCUT2D eigenvalue weighted by atomic mass is 16.5. The number of carbonyl (C=O) groups excluding carboxylic acids is 1. The van der Waals surface area contributed by atoms with Gasteiger partial charge in [-0.2, -0.15) is 0 Å². The van der Waals surface area contributed by atoms with Crippen LogP contribution in [0, 0.1) is 6.92 Å². The van der Waals surface area contributed by atoms with Gasteiger partial charge in [0.2, 0.25) is 0 Å². The third-order valence-corrected chi connectivity index (χ3v) is 3.14. The zero-order valence-electron chi connectivity index (χ0n) is 11.5. The van der Waals surface area contributed by atoms with Crippen molar-refractivity contribution in [3.05, 3.63) is 59.2 Å². The largest absolute Gasteiger partial charge is 0.508 e. The van der Waals surface area contributed by atoms with Gasteiger partial charge < -0.3 is 15.2 Å². The summed E-state index contributed by atoms with van der Waals surface area (Å²) in [5.74, 6) is 0.672. The summed E-state index contributed by atoms with van der Waals surface area (Å²) < 4.78 is 5.14. The van der Waals surface area contributed by atoms with E-state index in [2.05, 4.69) is 5.32 Å². The van der Waals surface area contributed by atoms with Gasteiger partial charge in [-0.15, -0.1) is 0 Å². The maximum Gasteiger partial charge on any atom is 0.251 e. The molecule has 0 radical (unpaired) electrons. The smallest absolute Gasteiger partial charge is 0.251 e. The lowest BCUT2D eigenvalue weighted by Gasteiger charge is -2.09. The van der Waals surface area contributed by atoms with Gasteiger partial charge in [0, 0.05) is 17.7 Å². The molecule has 104 valence electrons. The van der Waals surface area contributed by atoms with Crippen LogP contribution in [0.2, 0.25) is 0 Å². The molecule has 0 saturated carbocycles. The summed E-state index contributed by atoms with van der Waals surface area (Å²) in [6.07, 6.45) is 0. The van der Waals surface area contributed by atoms with Gasteiger partial charge in [0.05, 0.1) is 7.11 Å². The molecule has 4 nitrogen and oxygen atoms in total. The Bertz CT molecular complexity index is 623. The van der Waals surface area contributed by atoms with Crippen molar-refractivity contribution >= 4 is 5.91 Å². The lowest BCUT2D eigenvalue weighted by Crippen LogP contribution is -2.23. The van der Waals surface area contributed by atoms with Crippen molar-refractivity contribution in [1.29, 1.82) is 0 Å². The molecule has 0 aliphatic rings. The molecule has 20 heavy (non-hydrogen) atoms. The van der Waals surface area contributed by atoms with Crippen LogP contribution >= 0.6 is 0 Å². The van der Waals surface area contributed by atoms with Crippen molar-refractivity contribution in [3.8, 4) is 11.5 Å². The molecule has 4 heteroatoms. The number of nitrogens with one attached hydrogen (secondary N) is 1. The van der Waals surface area contributed by atoms with Crippen molar-refractivity contribution < 1.29 is 14.6 Å². The summed E-state index contributed by atoms with van der Waals surface area (Å²) >= 11 is 0. The third-order valence-electron chi connectivity index (χ3n) is 3.14. The Hall–Kier alpha value is -2.49. The molecule has 0 saturated heterocycles. The average Bonchev–Trinajstić information content (AvgIpc) is 2.48. The molecule has 0 fully saturated rings. The van der Waals surface area contributed by atoms with Gasteiger partial charge in [0.1, 0.15) is 11.5 Å². The number of hydrogen-bond acceptors (Lipinski definition) is 3. The fraction of sp³-hybridized carbons (Fsp3) is 0.188. The number of amides is 1. The van der Waals surface area contributed by atoms with Gasteiger partial charge in [-0.25, -0.2) is 0 Å². The summed E-state index contributed by atoms with van der Waals surface area (Å²) in [4.78, 5) is 12.1. The summed E-state index contributed by atoms with van der Waals surface area (Å²) in [7, 11) is 1.60. The monoisotopic (exact) mass is 271 g/mol. The number of aromatic hydroxyl groups is 1. The van der Waals surface area contributed by atoms with E-state index < -0.39 is 0 Å². The quantitative estimate of drug-likeness (QED) is 0.898. The van der Waals surface area contributed by atoms with Crippen molar-refractivity contribution in [2.75, 3.05) is 7.11 Å².